The van der Waals surface area contributed by atoms with Gasteiger partial charge >= 0.3 is 0 Å². The Morgan fingerprint density at radius 2 is 2.00 bits per heavy atom. The molecular weight excluding hydrogens is 236 g/mol. The van der Waals surface area contributed by atoms with E-state index >= 15 is 0 Å². The molecule has 1 unspecified atom stereocenters. The highest BCUT2D eigenvalue weighted by Crippen LogP contribution is 2.09. The standard InChI is InChI=1S/C16H20N2O/c1-13-4-6-14(7-5-13)8-10-18-12-16(19)15-3-2-9-17-11-15/h2-7,9,11,16,18-19H,8,10,12H2,1H3. The summed E-state index contributed by atoms with van der Waals surface area (Å²) in [5.41, 5.74) is 3.45. The molecule has 0 spiro atoms. The van der Waals surface area contributed by atoms with E-state index in [2.05, 4.69) is 41.5 Å². The van der Waals surface area contributed by atoms with Gasteiger partial charge in [-0.25, -0.2) is 0 Å². The van der Waals surface area contributed by atoms with Crippen LogP contribution in [0.5, 0.6) is 0 Å². The zero-order valence-corrected chi connectivity index (χ0v) is 11.2. The molecule has 19 heavy (non-hydrogen) atoms. The number of aliphatic hydroxyl groups excluding tert-OH is 1. The third-order valence-electron chi connectivity index (χ3n) is 3.12. The van der Waals surface area contributed by atoms with Gasteiger partial charge in [-0.05, 0) is 31.5 Å². The molecular formula is C16H20N2O. The van der Waals surface area contributed by atoms with Crippen LogP contribution in [0.25, 0.3) is 0 Å². The number of nitrogens with one attached hydrogen (secondary N) is 1. The second-order valence-corrected chi connectivity index (χ2v) is 4.74. The molecule has 1 aromatic carbocycles. The van der Waals surface area contributed by atoms with Crippen LogP contribution in [0.15, 0.2) is 48.8 Å². The van der Waals surface area contributed by atoms with Gasteiger partial charge in [0.25, 0.3) is 0 Å². The highest BCUT2D eigenvalue weighted by molar-refractivity contribution is 5.21. The van der Waals surface area contributed by atoms with E-state index in [9.17, 15) is 5.11 Å². The van der Waals surface area contributed by atoms with E-state index in [1.807, 2.05) is 12.1 Å². The van der Waals surface area contributed by atoms with Crippen LogP contribution in [0.4, 0.5) is 0 Å². The highest BCUT2D eigenvalue weighted by Gasteiger charge is 2.05. The first kappa shape index (κ1) is 13.7. The number of rotatable bonds is 6. The monoisotopic (exact) mass is 256 g/mol. The molecule has 3 heteroatoms. The Morgan fingerprint density at radius 1 is 1.21 bits per heavy atom. The second-order valence-electron chi connectivity index (χ2n) is 4.74. The normalized spacial score (nSPS) is 12.3. The van der Waals surface area contributed by atoms with Gasteiger partial charge in [0.1, 0.15) is 0 Å². The molecule has 0 radical (unpaired) electrons. The number of aromatic nitrogens is 1. The maximum Gasteiger partial charge on any atom is 0.0929 e. The van der Waals surface area contributed by atoms with Crippen molar-refractivity contribution in [1.82, 2.24) is 10.3 Å². The largest absolute Gasteiger partial charge is 0.387 e. The zero-order valence-electron chi connectivity index (χ0n) is 11.2. The van der Waals surface area contributed by atoms with Crippen molar-refractivity contribution in [2.24, 2.45) is 0 Å². The van der Waals surface area contributed by atoms with Crippen LogP contribution >= 0.6 is 0 Å². The van der Waals surface area contributed by atoms with Crippen LogP contribution in [0.3, 0.4) is 0 Å². The first-order valence-electron chi connectivity index (χ1n) is 6.60. The van der Waals surface area contributed by atoms with Gasteiger partial charge in [-0.1, -0.05) is 35.9 Å². The molecule has 2 aromatic rings. The molecule has 3 nitrogen and oxygen atoms in total. The summed E-state index contributed by atoms with van der Waals surface area (Å²) in [7, 11) is 0. The molecule has 1 aromatic heterocycles. The molecule has 0 aliphatic carbocycles. The maximum atomic E-state index is 9.95. The van der Waals surface area contributed by atoms with E-state index in [0.717, 1.165) is 18.5 Å². The minimum absolute atomic E-state index is 0.494. The van der Waals surface area contributed by atoms with Gasteiger partial charge in [0.15, 0.2) is 0 Å². The Bertz CT molecular complexity index is 482. The van der Waals surface area contributed by atoms with Gasteiger partial charge in [-0.2, -0.15) is 0 Å². The lowest BCUT2D eigenvalue weighted by Crippen LogP contribution is -2.23. The van der Waals surface area contributed by atoms with E-state index in [1.165, 1.54) is 11.1 Å². The van der Waals surface area contributed by atoms with Gasteiger partial charge in [0.05, 0.1) is 6.10 Å². The molecule has 0 aliphatic rings. The zero-order chi connectivity index (χ0) is 13.5. The molecule has 0 aliphatic heterocycles. The third-order valence-corrected chi connectivity index (χ3v) is 3.12. The van der Waals surface area contributed by atoms with E-state index < -0.39 is 6.10 Å². The second kappa shape index (κ2) is 7.02. The number of pyridine rings is 1. The van der Waals surface area contributed by atoms with Crippen molar-refractivity contribution < 1.29 is 5.11 Å². The molecule has 2 N–H and O–H groups in total. The van der Waals surface area contributed by atoms with Crippen molar-refractivity contribution in [2.75, 3.05) is 13.1 Å². The summed E-state index contributed by atoms with van der Waals surface area (Å²) >= 11 is 0. The van der Waals surface area contributed by atoms with E-state index in [1.54, 1.807) is 12.4 Å². The summed E-state index contributed by atoms with van der Waals surface area (Å²) < 4.78 is 0. The van der Waals surface area contributed by atoms with Crippen molar-refractivity contribution in [3.63, 3.8) is 0 Å². The minimum atomic E-state index is -0.494. The van der Waals surface area contributed by atoms with Gasteiger partial charge in [0, 0.05) is 24.5 Å². The summed E-state index contributed by atoms with van der Waals surface area (Å²) in [6, 6.07) is 12.3. The van der Waals surface area contributed by atoms with Gasteiger partial charge < -0.3 is 10.4 Å². The smallest absolute Gasteiger partial charge is 0.0929 e. The average molecular weight is 256 g/mol. The Kier molecular flexibility index (Phi) is 5.07. The third kappa shape index (κ3) is 4.47. The fourth-order valence-electron chi connectivity index (χ4n) is 1.92. The number of nitrogens with zero attached hydrogens (tertiary/aromatic N) is 1. The van der Waals surface area contributed by atoms with E-state index in [4.69, 9.17) is 0 Å². The van der Waals surface area contributed by atoms with Gasteiger partial charge in [-0.15, -0.1) is 0 Å². The van der Waals surface area contributed by atoms with Crippen molar-refractivity contribution in [2.45, 2.75) is 19.4 Å². The lowest BCUT2D eigenvalue weighted by atomic mass is 10.1. The molecule has 0 bridgehead atoms. The Morgan fingerprint density at radius 3 is 2.68 bits per heavy atom. The van der Waals surface area contributed by atoms with E-state index in [-0.39, 0.29) is 0 Å². The topological polar surface area (TPSA) is 45.1 Å². The van der Waals surface area contributed by atoms with Crippen LogP contribution in [0, 0.1) is 6.92 Å². The van der Waals surface area contributed by atoms with Crippen molar-refractivity contribution in [3.05, 3.63) is 65.5 Å². The quantitative estimate of drug-likeness (QED) is 0.779. The van der Waals surface area contributed by atoms with Crippen LogP contribution in [0.1, 0.15) is 22.8 Å². The minimum Gasteiger partial charge on any atom is -0.387 e. The van der Waals surface area contributed by atoms with Crippen LogP contribution < -0.4 is 5.32 Å². The number of aryl methyl sites for hydroxylation is 1. The maximum absolute atomic E-state index is 9.95. The molecule has 2 rings (SSSR count). The number of hydrogen-bond donors (Lipinski definition) is 2. The molecule has 1 atom stereocenters. The summed E-state index contributed by atoms with van der Waals surface area (Å²) in [5, 5.41) is 13.2. The summed E-state index contributed by atoms with van der Waals surface area (Å²) in [5.74, 6) is 0. The summed E-state index contributed by atoms with van der Waals surface area (Å²) in [6.07, 6.45) is 3.89. The van der Waals surface area contributed by atoms with Gasteiger partial charge in [0.2, 0.25) is 0 Å². The summed E-state index contributed by atoms with van der Waals surface area (Å²) in [6.45, 7) is 3.50. The van der Waals surface area contributed by atoms with Crippen LogP contribution in [0.2, 0.25) is 0 Å². The number of hydrogen-bond acceptors (Lipinski definition) is 3. The predicted octanol–water partition coefficient (Wildman–Crippen LogP) is 2.26. The van der Waals surface area contributed by atoms with Crippen LogP contribution in [-0.2, 0) is 6.42 Å². The number of aliphatic hydroxyl groups is 1. The lowest BCUT2D eigenvalue weighted by molar-refractivity contribution is 0.174. The Balaban J connectivity index is 1.71. The average Bonchev–Trinajstić information content (AvgIpc) is 2.46. The van der Waals surface area contributed by atoms with Crippen LogP contribution in [-0.4, -0.2) is 23.2 Å². The molecule has 100 valence electrons. The summed E-state index contributed by atoms with van der Waals surface area (Å²) in [4.78, 5) is 4.00. The molecule has 0 amide bonds. The molecule has 0 fully saturated rings. The highest BCUT2D eigenvalue weighted by atomic mass is 16.3. The van der Waals surface area contributed by atoms with Crippen molar-refractivity contribution in [1.29, 1.82) is 0 Å². The van der Waals surface area contributed by atoms with Crippen molar-refractivity contribution in [3.8, 4) is 0 Å². The number of benzene rings is 1. The fourth-order valence-corrected chi connectivity index (χ4v) is 1.92. The molecule has 0 saturated carbocycles. The molecule has 1 heterocycles. The molecule has 0 saturated heterocycles. The van der Waals surface area contributed by atoms with E-state index in [0.29, 0.717) is 6.54 Å². The Hall–Kier alpha value is -1.71. The fraction of sp³-hybridized carbons (Fsp3) is 0.312. The van der Waals surface area contributed by atoms with Crippen molar-refractivity contribution >= 4 is 0 Å². The lowest BCUT2D eigenvalue weighted by Gasteiger charge is -2.11. The first-order valence-corrected chi connectivity index (χ1v) is 6.60. The predicted molar refractivity (Wildman–Crippen MR) is 76.9 cm³/mol. The Labute approximate surface area is 114 Å². The first-order chi connectivity index (χ1) is 9.25. The SMILES string of the molecule is Cc1ccc(CCNCC(O)c2cccnc2)cc1. The van der Waals surface area contributed by atoms with Gasteiger partial charge in [-0.3, -0.25) is 4.98 Å².